The topological polar surface area (TPSA) is 80.5 Å². The summed E-state index contributed by atoms with van der Waals surface area (Å²) in [5.41, 5.74) is 2.78. The lowest BCUT2D eigenvalue weighted by Crippen LogP contribution is -2.30. The van der Waals surface area contributed by atoms with Gasteiger partial charge in [0.05, 0.1) is 10.6 Å². The number of carbonyl (C=O) groups excluding carboxylic acids is 1. The molecule has 0 aliphatic carbocycles. The summed E-state index contributed by atoms with van der Waals surface area (Å²) in [5, 5.41) is 5.16. The molecule has 0 spiro atoms. The van der Waals surface area contributed by atoms with Crippen molar-refractivity contribution in [2.24, 2.45) is 5.14 Å². The van der Waals surface area contributed by atoms with Crippen LogP contribution in [0.4, 0.5) is 5.69 Å². The summed E-state index contributed by atoms with van der Waals surface area (Å²) in [5.74, 6) is 0.364. The van der Waals surface area contributed by atoms with Crippen molar-refractivity contribution in [2.75, 3.05) is 17.2 Å². The molecule has 0 saturated heterocycles. The molecule has 0 radical (unpaired) electrons. The van der Waals surface area contributed by atoms with Gasteiger partial charge in [0, 0.05) is 17.1 Å². The molecule has 2 aromatic rings. The Kier molecular flexibility index (Phi) is 4.67. The minimum absolute atomic E-state index is 0.0172. The van der Waals surface area contributed by atoms with Crippen LogP contribution in [0.25, 0.3) is 0 Å². The number of aryl methyl sites for hydroxylation is 1. The van der Waals surface area contributed by atoms with Crippen molar-refractivity contribution in [3.8, 4) is 0 Å². The Balaban J connectivity index is 1.72. The smallest absolute Gasteiger partial charge is 0.238 e. The predicted octanol–water partition coefficient (Wildman–Crippen LogP) is 2.32. The fourth-order valence-corrected chi connectivity index (χ4v) is 4.20. The van der Waals surface area contributed by atoms with Crippen molar-refractivity contribution in [3.63, 3.8) is 0 Å². The molecule has 7 heteroatoms. The number of amides is 1. The monoisotopic (exact) mass is 362 g/mol. The summed E-state index contributed by atoms with van der Waals surface area (Å²) in [6, 6.07) is 12.7. The van der Waals surface area contributed by atoms with E-state index in [4.69, 9.17) is 5.14 Å². The number of anilines is 1. The first-order valence-corrected chi connectivity index (χ1v) is 10.0. The second kappa shape index (κ2) is 6.58. The maximum atomic E-state index is 12.5. The van der Waals surface area contributed by atoms with Crippen molar-refractivity contribution in [1.29, 1.82) is 0 Å². The number of primary sulfonamides is 1. The first-order valence-electron chi connectivity index (χ1n) is 7.50. The molecule has 1 aliphatic heterocycles. The number of benzene rings is 2. The molecule has 3 rings (SSSR count). The number of thioether (sulfide) groups is 1. The lowest BCUT2D eigenvalue weighted by molar-refractivity contribution is -0.116. The van der Waals surface area contributed by atoms with Crippen LogP contribution in [-0.2, 0) is 21.2 Å². The van der Waals surface area contributed by atoms with Crippen LogP contribution in [0.1, 0.15) is 11.1 Å². The van der Waals surface area contributed by atoms with Gasteiger partial charge in [0.1, 0.15) is 0 Å². The molecule has 0 atom stereocenters. The van der Waals surface area contributed by atoms with E-state index in [2.05, 4.69) is 0 Å². The summed E-state index contributed by atoms with van der Waals surface area (Å²) in [6.07, 6.45) is 0.638. The van der Waals surface area contributed by atoms with Crippen LogP contribution in [0.3, 0.4) is 0 Å². The normalized spacial score (nSPS) is 13.8. The van der Waals surface area contributed by atoms with Gasteiger partial charge in [0.25, 0.3) is 0 Å². The van der Waals surface area contributed by atoms with Crippen LogP contribution in [0.5, 0.6) is 0 Å². The third-order valence-electron chi connectivity index (χ3n) is 3.93. The maximum absolute atomic E-state index is 12.5. The molecule has 1 aliphatic rings. The van der Waals surface area contributed by atoms with Crippen LogP contribution in [-0.4, -0.2) is 26.6 Å². The summed E-state index contributed by atoms with van der Waals surface area (Å²) >= 11 is 1.50. The van der Waals surface area contributed by atoms with E-state index in [0.717, 1.165) is 21.7 Å². The second-order valence-corrected chi connectivity index (χ2v) is 8.35. The zero-order valence-electron chi connectivity index (χ0n) is 13.2. The first-order chi connectivity index (χ1) is 11.3. The Morgan fingerprint density at radius 2 is 2.04 bits per heavy atom. The molecule has 0 fully saturated rings. The van der Waals surface area contributed by atoms with E-state index in [1.54, 1.807) is 17.0 Å². The number of nitrogens with two attached hydrogens (primary N) is 1. The summed E-state index contributed by atoms with van der Waals surface area (Å²) in [4.78, 5) is 15.4. The van der Waals surface area contributed by atoms with Gasteiger partial charge in [0.15, 0.2) is 0 Å². The number of hydrogen-bond donors (Lipinski definition) is 1. The Morgan fingerprint density at radius 1 is 1.25 bits per heavy atom. The second-order valence-electron chi connectivity index (χ2n) is 5.74. The molecule has 0 aromatic heterocycles. The summed E-state index contributed by atoms with van der Waals surface area (Å²) in [7, 11) is -3.72. The molecule has 0 bridgehead atoms. The number of fused-ring (bicyclic) bond motifs is 1. The molecule has 0 saturated carbocycles. The van der Waals surface area contributed by atoms with E-state index in [1.165, 1.54) is 17.8 Å². The third-order valence-corrected chi connectivity index (χ3v) is 5.82. The van der Waals surface area contributed by atoms with Crippen molar-refractivity contribution >= 4 is 33.4 Å². The highest BCUT2D eigenvalue weighted by molar-refractivity contribution is 8.00. The maximum Gasteiger partial charge on any atom is 0.238 e. The molecule has 2 N–H and O–H groups in total. The lowest BCUT2D eigenvalue weighted by Gasteiger charge is -2.17. The minimum atomic E-state index is -3.72. The van der Waals surface area contributed by atoms with Gasteiger partial charge in [-0.2, -0.15) is 0 Å². The predicted molar refractivity (Wildman–Crippen MR) is 95.8 cm³/mol. The van der Waals surface area contributed by atoms with E-state index in [-0.39, 0.29) is 10.8 Å². The van der Waals surface area contributed by atoms with Gasteiger partial charge in [-0.3, -0.25) is 4.79 Å². The number of nitrogens with zero attached hydrogens (tertiary/aromatic N) is 1. The van der Waals surface area contributed by atoms with Gasteiger partial charge in [-0.1, -0.05) is 17.7 Å². The molecule has 24 heavy (non-hydrogen) atoms. The zero-order valence-corrected chi connectivity index (χ0v) is 14.9. The molecule has 1 amide bonds. The summed E-state index contributed by atoms with van der Waals surface area (Å²) < 4.78 is 22.9. The first kappa shape index (κ1) is 17.0. The largest absolute Gasteiger partial charge is 0.311 e. The molecule has 5 nitrogen and oxygen atoms in total. The Bertz CT molecular complexity index is 894. The zero-order chi connectivity index (χ0) is 17.3. The minimum Gasteiger partial charge on any atom is -0.311 e. The van der Waals surface area contributed by atoms with Gasteiger partial charge in [0.2, 0.25) is 15.9 Å². The summed E-state index contributed by atoms with van der Waals surface area (Å²) in [6.45, 7) is 2.59. The number of sulfonamides is 1. The van der Waals surface area contributed by atoms with Crippen LogP contribution in [0.2, 0.25) is 0 Å². The van der Waals surface area contributed by atoms with Crippen LogP contribution >= 0.6 is 11.8 Å². The van der Waals surface area contributed by atoms with Crippen molar-refractivity contribution < 1.29 is 13.2 Å². The van der Waals surface area contributed by atoms with E-state index in [9.17, 15) is 13.2 Å². The van der Waals surface area contributed by atoms with Gasteiger partial charge in [-0.05, 0) is 49.2 Å². The average Bonchev–Trinajstić information content (AvgIpc) is 2.95. The fourth-order valence-electron chi connectivity index (χ4n) is 2.74. The van der Waals surface area contributed by atoms with Crippen molar-refractivity contribution in [1.82, 2.24) is 0 Å². The van der Waals surface area contributed by atoms with Crippen LogP contribution in [0, 0.1) is 6.92 Å². The van der Waals surface area contributed by atoms with Gasteiger partial charge in [-0.15, -0.1) is 11.8 Å². The van der Waals surface area contributed by atoms with E-state index < -0.39 is 10.0 Å². The molecule has 126 valence electrons. The van der Waals surface area contributed by atoms with E-state index in [0.29, 0.717) is 18.7 Å². The van der Waals surface area contributed by atoms with Crippen molar-refractivity contribution in [3.05, 3.63) is 53.6 Å². The molecule has 1 heterocycles. The Hall–Kier alpha value is -1.83. The standard InChI is InChI=1S/C17H18N2O3S2/c1-12-3-2-4-14(9-12)23-11-17(20)19-8-7-13-10-15(24(18,21)22)5-6-16(13)19/h2-6,9-10H,7-8,11H2,1H3,(H2,18,21,22). The average molecular weight is 362 g/mol. The van der Waals surface area contributed by atoms with Gasteiger partial charge < -0.3 is 4.90 Å². The van der Waals surface area contributed by atoms with Gasteiger partial charge in [-0.25, -0.2) is 13.6 Å². The van der Waals surface area contributed by atoms with Crippen LogP contribution < -0.4 is 10.0 Å². The molecule has 0 unspecified atom stereocenters. The quantitative estimate of drug-likeness (QED) is 0.847. The molecular weight excluding hydrogens is 344 g/mol. The highest BCUT2D eigenvalue weighted by Gasteiger charge is 2.25. The fraction of sp³-hybridized carbons (Fsp3) is 0.235. The van der Waals surface area contributed by atoms with Crippen LogP contribution in [0.15, 0.2) is 52.3 Å². The van der Waals surface area contributed by atoms with Gasteiger partial charge >= 0.3 is 0 Å². The molecular formula is C17H18N2O3S2. The van der Waals surface area contributed by atoms with E-state index in [1.807, 2.05) is 31.2 Å². The Morgan fingerprint density at radius 3 is 2.75 bits per heavy atom. The number of rotatable bonds is 4. The van der Waals surface area contributed by atoms with E-state index >= 15 is 0 Å². The molecule has 2 aromatic carbocycles. The lowest BCUT2D eigenvalue weighted by atomic mass is 10.2. The highest BCUT2D eigenvalue weighted by atomic mass is 32.2. The SMILES string of the molecule is Cc1cccc(SCC(=O)N2CCc3cc(S(N)(=O)=O)ccc32)c1. The number of hydrogen-bond acceptors (Lipinski definition) is 4. The Labute approximate surface area is 145 Å². The highest BCUT2D eigenvalue weighted by Crippen LogP contribution is 2.31. The van der Waals surface area contributed by atoms with Crippen molar-refractivity contribution in [2.45, 2.75) is 23.1 Å². The third kappa shape index (κ3) is 3.63. The number of carbonyl (C=O) groups is 1.